The van der Waals surface area contributed by atoms with Crippen molar-refractivity contribution in [2.75, 3.05) is 13.6 Å². The fourth-order valence-electron chi connectivity index (χ4n) is 3.00. The molecule has 2 N–H and O–H groups in total. The fourth-order valence-corrected chi connectivity index (χ4v) is 3.00. The summed E-state index contributed by atoms with van der Waals surface area (Å²) >= 11 is 0. The molecule has 1 unspecified atom stereocenters. The molecule has 3 rings (SSSR count). The number of benzene rings is 1. The van der Waals surface area contributed by atoms with Crippen molar-refractivity contribution in [2.24, 2.45) is 0 Å². The number of hydrogen-bond acceptors (Lipinski definition) is 3. The number of hydrogen-bond donors (Lipinski definition) is 2. The summed E-state index contributed by atoms with van der Waals surface area (Å²) in [6.07, 6.45) is 2.30. The van der Waals surface area contributed by atoms with Gasteiger partial charge in [-0.3, -0.25) is 14.8 Å². The van der Waals surface area contributed by atoms with E-state index in [1.807, 2.05) is 37.3 Å². The van der Waals surface area contributed by atoms with Gasteiger partial charge in [-0.05, 0) is 50.6 Å². The number of nitrogens with zero attached hydrogens (tertiary/aromatic N) is 2. The van der Waals surface area contributed by atoms with Gasteiger partial charge in [0, 0.05) is 6.54 Å². The second-order valence-corrected chi connectivity index (χ2v) is 5.96. The van der Waals surface area contributed by atoms with E-state index in [1.165, 1.54) is 12.0 Å². The Bertz CT molecular complexity index is 664. The topological polar surface area (TPSA) is 61.0 Å². The molecule has 1 aromatic heterocycles. The van der Waals surface area contributed by atoms with Crippen LogP contribution in [-0.2, 0) is 6.54 Å². The summed E-state index contributed by atoms with van der Waals surface area (Å²) in [7, 11) is 2.11. The van der Waals surface area contributed by atoms with Crippen LogP contribution in [0, 0.1) is 6.92 Å². The van der Waals surface area contributed by atoms with E-state index in [1.54, 1.807) is 0 Å². The first-order valence-electron chi connectivity index (χ1n) is 7.73. The second-order valence-electron chi connectivity index (χ2n) is 5.96. The first kappa shape index (κ1) is 14.8. The lowest BCUT2D eigenvalue weighted by Gasteiger charge is -2.16. The van der Waals surface area contributed by atoms with Gasteiger partial charge in [0.05, 0.1) is 11.7 Å². The number of carbonyl (C=O) groups is 1. The van der Waals surface area contributed by atoms with Crippen LogP contribution in [0.3, 0.4) is 0 Å². The Labute approximate surface area is 130 Å². The maximum Gasteiger partial charge on any atom is 0.272 e. The normalized spacial score (nSPS) is 18.5. The Kier molecular flexibility index (Phi) is 4.24. The van der Waals surface area contributed by atoms with E-state index in [0.717, 1.165) is 24.2 Å². The Balaban J connectivity index is 1.63. The number of H-pyrrole nitrogens is 1. The summed E-state index contributed by atoms with van der Waals surface area (Å²) in [5.74, 6) is -0.133. The lowest BCUT2D eigenvalue weighted by atomic mass is 10.1. The zero-order valence-corrected chi connectivity index (χ0v) is 13.1. The smallest absolute Gasteiger partial charge is 0.272 e. The van der Waals surface area contributed by atoms with Crippen molar-refractivity contribution >= 4 is 5.91 Å². The van der Waals surface area contributed by atoms with E-state index in [4.69, 9.17) is 0 Å². The minimum Gasteiger partial charge on any atom is -0.347 e. The molecule has 1 aromatic carbocycles. The molecule has 1 aliphatic rings. The Hall–Kier alpha value is -2.14. The van der Waals surface area contributed by atoms with Crippen LogP contribution >= 0.6 is 0 Å². The van der Waals surface area contributed by atoms with Crippen LogP contribution in [0.5, 0.6) is 0 Å². The summed E-state index contributed by atoms with van der Waals surface area (Å²) < 4.78 is 0. The third kappa shape index (κ3) is 3.04. The number of rotatable bonds is 4. The van der Waals surface area contributed by atoms with Crippen molar-refractivity contribution in [3.05, 3.63) is 52.8 Å². The van der Waals surface area contributed by atoms with Crippen molar-refractivity contribution in [3.8, 4) is 0 Å². The van der Waals surface area contributed by atoms with Crippen LogP contribution in [0.15, 0.2) is 30.3 Å². The molecule has 1 saturated heterocycles. The molecule has 2 aromatic rings. The Morgan fingerprint density at radius 3 is 3.00 bits per heavy atom. The minimum atomic E-state index is -0.133. The standard InChI is InChI=1S/C17H22N4O/c1-12-6-3-4-7-13(12)11-18-17(22)15-10-14(19-20-15)16-8-5-9-21(16)2/h3-4,6-7,10,16H,5,8-9,11H2,1-2H3,(H,18,22)(H,19,20). The van der Waals surface area contributed by atoms with Gasteiger partial charge in [0.2, 0.25) is 0 Å². The molecule has 0 aliphatic carbocycles. The highest BCUT2D eigenvalue weighted by Gasteiger charge is 2.25. The zero-order chi connectivity index (χ0) is 15.5. The first-order chi connectivity index (χ1) is 10.6. The van der Waals surface area contributed by atoms with Gasteiger partial charge in [-0.15, -0.1) is 0 Å². The van der Waals surface area contributed by atoms with Crippen molar-refractivity contribution in [1.29, 1.82) is 0 Å². The predicted molar refractivity (Wildman–Crippen MR) is 85.5 cm³/mol. The third-order valence-corrected chi connectivity index (χ3v) is 4.41. The highest BCUT2D eigenvalue weighted by Crippen LogP contribution is 2.29. The molecule has 116 valence electrons. The summed E-state index contributed by atoms with van der Waals surface area (Å²) in [6.45, 7) is 3.67. The van der Waals surface area contributed by atoms with E-state index >= 15 is 0 Å². The van der Waals surface area contributed by atoms with E-state index < -0.39 is 0 Å². The summed E-state index contributed by atoms with van der Waals surface area (Å²) in [5.41, 5.74) is 3.80. The van der Waals surface area contributed by atoms with Gasteiger partial charge >= 0.3 is 0 Å². The molecule has 0 radical (unpaired) electrons. The number of aromatic amines is 1. The van der Waals surface area contributed by atoms with Gasteiger partial charge < -0.3 is 5.32 Å². The second kappa shape index (κ2) is 6.32. The van der Waals surface area contributed by atoms with Gasteiger partial charge in [-0.25, -0.2) is 0 Å². The van der Waals surface area contributed by atoms with Gasteiger partial charge in [-0.2, -0.15) is 5.10 Å². The molecule has 1 fully saturated rings. The maximum atomic E-state index is 12.2. The highest BCUT2D eigenvalue weighted by molar-refractivity contribution is 5.92. The van der Waals surface area contributed by atoms with Crippen molar-refractivity contribution in [1.82, 2.24) is 20.4 Å². The minimum absolute atomic E-state index is 0.133. The Morgan fingerprint density at radius 1 is 1.45 bits per heavy atom. The molecule has 0 saturated carbocycles. The molecule has 2 heterocycles. The Morgan fingerprint density at radius 2 is 2.27 bits per heavy atom. The number of likely N-dealkylation sites (tertiary alicyclic amines) is 1. The number of amides is 1. The summed E-state index contributed by atoms with van der Waals surface area (Å²) in [5, 5.41) is 10.1. The van der Waals surface area contributed by atoms with Gasteiger partial charge in [-0.1, -0.05) is 24.3 Å². The lowest BCUT2D eigenvalue weighted by Crippen LogP contribution is -2.23. The van der Waals surface area contributed by atoms with Crippen molar-refractivity contribution < 1.29 is 4.79 Å². The van der Waals surface area contributed by atoms with Crippen molar-refractivity contribution in [2.45, 2.75) is 32.4 Å². The van der Waals surface area contributed by atoms with Crippen LogP contribution in [0.1, 0.15) is 46.2 Å². The van der Waals surface area contributed by atoms with Crippen molar-refractivity contribution in [3.63, 3.8) is 0 Å². The van der Waals surface area contributed by atoms with Crippen LogP contribution in [0.4, 0.5) is 0 Å². The molecule has 5 heteroatoms. The molecule has 1 aliphatic heterocycles. The lowest BCUT2D eigenvalue weighted by molar-refractivity contribution is 0.0946. The third-order valence-electron chi connectivity index (χ3n) is 4.41. The molecular formula is C17H22N4O. The average Bonchev–Trinajstić information content (AvgIpc) is 3.14. The molecule has 1 amide bonds. The van der Waals surface area contributed by atoms with Gasteiger partial charge in [0.15, 0.2) is 0 Å². The summed E-state index contributed by atoms with van der Waals surface area (Å²) in [4.78, 5) is 14.5. The molecule has 22 heavy (non-hydrogen) atoms. The molecule has 0 spiro atoms. The monoisotopic (exact) mass is 298 g/mol. The van der Waals surface area contributed by atoms with Crippen LogP contribution in [0.25, 0.3) is 0 Å². The number of nitrogens with one attached hydrogen (secondary N) is 2. The number of carbonyl (C=O) groups excluding carboxylic acids is 1. The van der Waals surface area contributed by atoms with E-state index in [0.29, 0.717) is 18.3 Å². The van der Waals surface area contributed by atoms with E-state index in [2.05, 4.69) is 27.5 Å². The molecule has 0 bridgehead atoms. The number of aromatic nitrogens is 2. The maximum absolute atomic E-state index is 12.2. The van der Waals surface area contributed by atoms with Gasteiger partial charge in [0.1, 0.15) is 5.69 Å². The SMILES string of the molecule is Cc1ccccc1CNC(=O)c1cc(C2CCCN2C)[nH]n1. The molecular weight excluding hydrogens is 276 g/mol. The van der Waals surface area contributed by atoms with E-state index in [9.17, 15) is 4.79 Å². The first-order valence-corrected chi connectivity index (χ1v) is 7.73. The molecule has 5 nitrogen and oxygen atoms in total. The largest absolute Gasteiger partial charge is 0.347 e. The zero-order valence-electron chi connectivity index (χ0n) is 13.1. The molecule has 1 atom stereocenters. The van der Waals surface area contributed by atoms with Crippen LogP contribution in [0.2, 0.25) is 0 Å². The quantitative estimate of drug-likeness (QED) is 0.911. The number of aryl methyl sites for hydroxylation is 1. The summed E-state index contributed by atoms with van der Waals surface area (Å²) in [6, 6.07) is 10.3. The van der Waals surface area contributed by atoms with Crippen LogP contribution in [-0.4, -0.2) is 34.6 Å². The highest BCUT2D eigenvalue weighted by atomic mass is 16.1. The average molecular weight is 298 g/mol. The fraction of sp³-hybridized carbons (Fsp3) is 0.412. The van der Waals surface area contributed by atoms with Crippen LogP contribution < -0.4 is 5.32 Å². The van der Waals surface area contributed by atoms with Gasteiger partial charge in [0.25, 0.3) is 5.91 Å². The predicted octanol–water partition coefficient (Wildman–Crippen LogP) is 2.41. The van der Waals surface area contributed by atoms with E-state index in [-0.39, 0.29) is 5.91 Å².